The Balaban J connectivity index is 1.38. The van der Waals surface area contributed by atoms with Gasteiger partial charge in [0.05, 0.1) is 16.6 Å². The molecular weight excluding hydrogens is 590 g/mol. The van der Waals surface area contributed by atoms with Gasteiger partial charge in [0.25, 0.3) is 6.10 Å². The molecule has 1 aromatic rings. The van der Waals surface area contributed by atoms with Crippen molar-refractivity contribution in [2.45, 2.75) is 56.2 Å². The summed E-state index contributed by atoms with van der Waals surface area (Å²) < 4.78 is 103. The van der Waals surface area contributed by atoms with Crippen molar-refractivity contribution in [2.75, 3.05) is 56.6 Å². The summed E-state index contributed by atoms with van der Waals surface area (Å²) in [7, 11) is 0. The second-order valence-electron chi connectivity index (χ2n) is 10.4. The van der Waals surface area contributed by atoms with Gasteiger partial charge >= 0.3 is 18.4 Å². The molecule has 0 N–H and O–H groups in total. The zero-order valence-electron chi connectivity index (χ0n) is 21.5. The number of carbonyl (C=O) groups is 1. The molecule has 1 amide bonds. The molecule has 3 aliphatic rings. The number of piperazine rings is 1. The van der Waals surface area contributed by atoms with Gasteiger partial charge in [-0.25, -0.2) is 4.79 Å². The van der Waals surface area contributed by atoms with Crippen LogP contribution in [-0.4, -0.2) is 105 Å². The van der Waals surface area contributed by atoms with Crippen molar-refractivity contribution in [1.29, 1.82) is 0 Å². The minimum absolute atomic E-state index is 0.0148. The van der Waals surface area contributed by atoms with Gasteiger partial charge in [-0.15, -0.1) is 0 Å². The molecular formula is C24H30ClF6N4O4S-. The quantitative estimate of drug-likeness (QED) is 0.346. The zero-order chi connectivity index (χ0) is 29.3. The number of likely N-dealkylation sites (tertiary alicyclic amines) is 2. The van der Waals surface area contributed by atoms with Crippen molar-refractivity contribution in [3.63, 3.8) is 0 Å². The van der Waals surface area contributed by atoms with E-state index in [-0.39, 0.29) is 24.5 Å². The molecule has 16 heteroatoms. The number of hydrogen-bond acceptors (Lipinski definition) is 7. The largest absolute Gasteiger partial charge is 0.771 e. The number of piperidine rings is 1. The number of halogens is 7. The van der Waals surface area contributed by atoms with E-state index in [1.807, 2.05) is 23.1 Å². The summed E-state index contributed by atoms with van der Waals surface area (Å²) in [5.41, 5.74) is 1.36. The summed E-state index contributed by atoms with van der Waals surface area (Å²) in [6.07, 6.45) is -14.9. The Labute approximate surface area is 235 Å². The highest BCUT2D eigenvalue weighted by molar-refractivity contribution is 7.79. The third kappa shape index (κ3) is 7.15. The maximum Gasteiger partial charge on any atom is 0.434 e. The van der Waals surface area contributed by atoms with Crippen molar-refractivity contribution in [1.82, 2.24) is 14.7 Å². The first-order valence-corrected chi connectivity index (χ1v) is 14.5. The molecule has 1 spiro atoms. The average Bonchev–Trinajstić information content (AvgIpc) is 3.24. The van der Waals surface area contributed by atoms with Crippen molar-refractivity contribution in [2.24, 2.45) is 0 Å². The SMILES string of the molecule is O=C(OC(C(F)(F)F)C(F)(F)F)N1CCC2(CCCN2Cc2cccc(N3CCN(CS(=O)[O-])CC3)c2Cl)CC1. The molecule has 0 aliphatic carbocycles. The molecule has 8 nitrogen and oxygen atoms in total. The van der Waals surface area contributed by atoms with Crippen LogP contribution in [0.1, 0.15) is 31.2 Å². The Bertz CT molecular complexity index is 1060. The van der Waals surface area contributed by atoms with Crippen LogP contribution in [0.5, 0.6) is 0 Å². The molecule has 0 radical (unpaired) electrons. The first kappa shape index (κ1) is 31.1. The van der Waals surface area contributed by atoms with E-state index in [0.29, 0.717) is 50.6 Å². The van der Waals surface area contributed by atoms with Crippen LogP contribution in [0.3, 0.4) is 0 Å². The lowest BCUT2D eigenvalue weighted by Gasteiger charge is -2.45. The predicted molar refractivity (Wildman–Crippen MR) is 135 cm³/mol. The monoisotopic (exact) mass is 619 g/mol. The zero-order valence-corrected chi connectivity index (χ0v) is 23.1. The first-order chi connectivity index (χ1) is 18.7. The van der Waals surface area contributed by atoms with E-state index in [1.54, 1.807) is 0 Å². The molecule has 3 fully saturated rings. The molecule has 226 valence electrons. The van der Waals surface area contributed by atoms with Crippen LogP contribution in [0.2, 0.25) is 5.02 Å². The van der Waals surface area contributed by atoms with Gasteiger partial charge in [0.1, 0.15) is 0 Å². The highest BCUT2D eigenvalue weighted by Gasteiger charge is 2.60. The number of nitrogens with zero attached hydrogens (tertiary/aromatic N) is 4. The Morgan fingerprint density at radius 2 is 1.62 bits per heavy atom. The van der Waals surface area contributed by atoms with Gasteiger partial charge < -0.3 is 19.1 Å². The minimum Gasteiger partial charge on any atom is -0.771 e. The maximum absolute atomic E-state index is 12.8. The minimum atomic E-state index is -5.76. The van der Waals surface area contributed by atoms with Crippen molar-refractivity contribution < 1.29 is 44.6 Å². The molecule has 1 aromatic carbocycles. The number of ether oxygens (including phenoxy) is 1. The van der Waals surface area contributed by atoms with Crippen LogP contribution in [0.4, 0.5) is 36.8 Å². The van der Waals surface area contributed by atoms with Crippen LogP contribution in [-0.2, 0) is 22.4 Å². The van der Waals surface area contributed by atoms with Crippen LogP contribution in [0, 0.1) is 0 Å². The fourth-order valence-corrected chi connectivity index (χ4v) is 6.67. The summed E-state index contributed by atoms with van der Waals surface area (Å²) in [4.78, 5) is 19.3. The summed E-state index contributed by atoms with van der Waals surface area (Å²) >= 11 is 4.68. The van der Waals surface area contributed by atoms with E-state index < -0.39 is 35.6 Å². The Hall–Kier alpha value is -1.81. The van der Waals surface area contributed by atoms with Gasteiger partial charge in [-0.1, -0.05) is 23.7 Å². The molecule has 3 aliphatic heterocycles. The molecule has 3 heterocycles. The van der Waals surface area contributed by atoms with Crippen molar-refractivity contribution in [3.05, 3.63) is 28.8 Å². The maximum atomic E-state index is 12.8. The molecule has 4 rings (SSSR count). The van der Waals surface area contributed by atoms with E-state index in [0.717, 1.165) is 35.5 Å². The van der Waals surface area contributed by atoms with Crippen molar-refractivity contribution >= 4 is 34.5 Å². The predicted octanol–water partition coefficient (Wildman–Crippen LogP) is 4.36. The summed E-state index contributed by atoms with van der Waals surface area (Å²) in [5, 5.41) is 0.580. The Kier molecular flexibility index (Phi) is 9.49. The smallest absolute Gasteiger partial charge is 0.434 e. The van der Waals surface area contributed by atoms with Gasteiger partial charge in [0.2, 0.25) is 0 Å². The molecule has 0 bridgehead atoms. The number of amides is 1. The number of anilines is 1. The van der Waals surface area contributed by atoms with Gasteiger partial charge in [-0.3, -0.25) is 14.0 Å². The lowest BCUT2D eigenvalue weighted by Crippen LogP contribution is -2.54. The Morgan fingerprint density at radius 3 is 2.20 bits per heavy atom. The molecule has 0 saturated carbocycles. The number of carbonyl (C=O) groups excluding carboxylic acids is 1. The summed E-state index contributed by atoms with van der Waals surface area (Å²) in [5.74, 6) is -0.0148. The number of rotatable bonds is 6. The number of hydrogen-bond donors (Lipinski definition) is 0. The third-order valence-electron chi connectivity index (χ3n) is 7.93. The fourth-order valence-electron chi connectivity index (χ4n) is 5.81. The van der Waals surface area contributed by atoms with E-state index in [2.05, 4.69) is 14.5 Å². The van der Waals surface area contributed by atoms with E-state index in [4.69, 9.17) is 11.6 Å². The van der Waals surface area contributed by atoms with Gasteiger partial charge in [0.15, 0.2) is 0 Å². The van der Waals surface area contributed by atoms with Gasteiger partial charge in [-0.2, -0.15) is 26.3 Å². The third-order valence-corrected chi connectivity index (χ3v) is 8.94. The van der Waals surface area contributed by atoms with E-state index in [9.17, 15) is 39.9 Å². The lowest BCUT2D eigenvalue weighted by atomic mass is 9.85. The number of alkyl halides is 6. The van der Waals surface area contributed by atoms with E-state index in [1.165, 1.54) is 0 Å². The molecule has 3 saturated heterocycles. The normalized spacial score (nSPS) is 21.8. The van der Waals surface area contributed by atoms with Crippen LogP contribution in [0.15, 0.2) is 18.2 Å². The topological polar surface area (TPSA) is 79.4 Å². The highest BCUT2D eigenvalue weighted by Crippen LogP contribution is 2.42. The number of benzene rings is 1. The van der Waals surface area contributed by atoms with Gasteiger partial charge in [-0.05, 0) is 54.9 Å². The molecule has 1 atom stereocenters. The second kappa shape index (κ2) is 12.2. The van der Waals surface area contributed by atoms with Crippen LogP contribution >= 0.6 is 11.6 Å². The summed E-state index contributed by atoms with van der Waals surface area (Å²) in [6.45, 7) is 3.57. The molecule has 40 heavy (non-hydrogen) atoms. The van der Waals surface area contributed by atoms with Gasteiger partial charge in [0, 0.05) is 51.4 Å². The molecule has 0 aromatic heterocycles. The fraction of sp³-hybridized carbons (Fsp3) is 0.708. The highest BCUT2D eigenvalue weighted by atomic mass is 35.5. The standard InChI is InChI=1S/C24H31ClF6N4O4S/c25-19-17(3-1-4-18(19)33-13-11-32(12-14-33)16-40(37)38)15-35-8-2-5-22(35)6-9-34(10-7-22)21(36)39-20(23(26,27)28)24(29,30)31/h1,3-4,20H,2,5-16H2,(H,37,38)/p-1. The Morgan fingerprint density at radius 1 is 1.00 bits per heavy atom. The van der Waals surface area contributed by atoms with Crippen LogP contribution < -0.4 is 4.90 Å². The van der Waals surface area contributed by atoms with E-state index >= 15 is 0 Å². The first-order valence-electron chi connectivity index (χ1n) is 12.8. The summed E-state index contributed by atoms with van der Waals surface area (Å²) in [6, 6.07) is 5.72. The average molecular weight is 620 g/mol. The van der Waals surface area contributed by atoms with Crippen molar-refractivity contribution in [3.8, 4) is 0 Å². The van der Waals surface area contributed by atoms with Crippen LogP contribution in [0.25, 0.3) is 0 Å². The molecule has 1 unspecified atom stereocenters. The second-order valence-corrected chi connectivity index (χ2v) is 11.6. The lowest BCUT2D eigenvalue weighted by molar-refractivity contribution is -0.308.